The van der Waals surface area contributed by atoms with Crippen molar-refractivity contribution < 1.29 is 19.1 Å². The maximum absolute atomic E-state index is 12.4. The molecule has 0 radical (unpaired) electrons. The number of para-hydroxylation sites is 1. The Balaban J connectivity index is 1.39. The molecule has 0 heterocycles. The third kappa shape index (κ3) is 5.06. The monoisotopic (exact) mass is 408 g/mol. The van der Waals surface area contributed by atoms with Crippen molar-refractivity contribution in [3.8, 4) is 22.6 Å². The molecule has 4 nitrogen and oxygen atoms in total. The SMILES string of the molecule is Cc1ccc(-c2ccc(OC(=O)c3ccc(C(=O)Oc4ccccc4)cc3)cc2)cc1. The van der Waals surface area contributed by atoms with Gasteiger partial charge in [-0.25, -0.2) is 9.59 Å². The zero-order valence-corrected chi connectivity index (χ0v) is 16.9. The highest BCUT2D eigenvalue weighted by atomic mass is 16.5. The number of benzene rings is 4. The molecule has 31 heavy (non-hydrogen) atoms. The molecule has 152 valence electrons. The van der Waals surface area contributed by atoms with Crippen molar-refractivity contribution in [2.24, 2.45) is 0 Å². The summed E-state index contributed by atoms with van der Waals surface area (Å²) in [6, 6.07) is 30.6. The van der Waals surface area contributed by atoms with Crippen LogP contribution in [0.5, 0.6) is 11.5 Å². The van der Waals surface area contributed by atoms with Gasteiger partial charge in [0.2, 0.25) is 0 Å². The highest BCUT2D eigenvalue weighted by Crippen LogP contribution is 2.23. The lowest BCUT2D eigenvalue weighted by Gasteiger charge is -2.07. The van der Waals surface area contributed by atoms with Crippen molar-refractivity contribution in [3.05, 3.63) is 120 Å². The van der Waals surface area contributed by atoms with Crippen molar-refractivity contribution in [3.63, 3.8) is 0 Å². The zero-order valence-electron chi connectivity index (χ0n) is 16.9. The maximum atomic E-state index is 12.4. The molecule has 0 aliphatic heterocycles. The van der Waals surface area contributed by atoms with Crippen LogP contribution in [-0.4, -0.2) is 11.9 Å². The minimum Gasteiger partial charge on any atom is -0.423 e. The van der Waals surface area contributed by atoms with Gasteiger partial charge in [0.15, 0.2) is 0 Å². The number of ether oxygens (including phenoxy) is 2. The molecule has 0 bridgehead atoms. The molecule has 0 unspecified atom stereocenters. The van der Waals surface area contributed by atoms with Crippen molar-refractivity contribution in [1.29, 1.82) is 0 Å². The third-order valence-corrected chi connectivity index (χ3v) is 4.76. The van der Waals surface area contributed by atoms with Gasteiger partial charge in [0.1, 0.15) is 11.5 Å². The Morgan fingerprint density at radius 3 is 1.42 bits per heavy atom. The van der Waals surface area contributed by atoms with Crippen LogP contribution in [0.25, 0.3) is 11.1 Å². The van der Waals surface area contributed by atoms with Crippen LogP contribution in [0.15, 0.2) is 103 Å². The van der Waals surface area contributed by atoms with Gasteiger partial charge in [-0.15, -0.1) is 0 Å². The van der Waals surface area contributed by atoms with Crippen molar-refractivity contribution in [1.82, 2.24) is 0 Å². The molecular weight excluding hydrogens is 388 g/mol. The molecule has 0 fully saturated rings. The Hall–Kier alpha value is -4.18. The Kier molecular flexibility index (Phi) is 5.90. The van der Waals surface area contributed by atoms with E-state index in [1.54, 1.807) is 60.7 Å². The van der Waals surface area contributed by atoms with Gasteiger partial charge in [0.25, 0.3) is 0 Å². The first-order chi connectivity index (χ1) is 15.1. The van der Waals surface area contributed by atoms with E-state index in [0.29, 0.717) is 22.6 Å². The molecule has 0 saturated heterocycles. The quantitative estimate of drug-likeness (QED) is 0.296. The van der Waals surface area contributed by atoms with Crippen LogP contribution in [0, 0.1) is 6.92 Å². The molecule has 0 atom stereocenters. The fourth-order valence-corrected chi connectivity index (χ4v) is 3.02. The first-order valence-electron chi connectivity index (χ1n) is 9.85. The lowest BCUT2D eigenvalue weighted by molar-refractivity contribution is 0.0720. The van der Waals surface area contributed by atoms with E-state index in [1.165, 1.54) is 5.56 Å². The number of hydrogen-bond donors (Lipinski definition) is 0. The summed E-state index contributed by atoms with van der Waals surface area (Å²) in [5.74, 6) is -0.0672. The smallest absolute Gasteiger partial charge is 0.343 e. The van der Waals surface area contributed by atoms with E-state index in [1.807, 2.05) is 25.1 Å². The van der Waals surface area contributed by atoms with Crippen LogP contribution in [0.2, 0.25) is 0 Å². The highest BCUT2D eigenvalue weighted by molar-refractivity contribution is 5.94. The normalized spacial score (nSPS) is 10.4. The standard InChI is InChI=1S/C27H20O4/c1-19-7-9-20(10-8-19)21-15-17-25(18-16-21)31-27(29)23-13-11-22(12-14-23)26(28)30-24-5-3-2-4-6-24/h2-18H,1H3. The van der Waals surface area contributed by atoms with E-state index in [0.717, 1.165) is 11.1 Å². The Labute approximate surface area is 180 Å². The summed E-state index contributed by atoms with van der Waals surface area (Å²) in [7, 11) is 0. The Morgan fingerprint density at radius 2 is 0.935 bits per heavy atom. The molecule has 4 rings (SSSR count). The van der Waals surface area contributed by atoms with Gasteiger partial charge in [-0.1, -0.05) is 60.2 Å². The molecule has 0 saturated carbocycles. The minimum absolute atomic E-state index is 0.346. The summed E-state index contributed by atoms with van der Waals surface area (Å²) in [5, 5.41) is 0. The fourth-order valence-electron chi connectivity index (χ4n) is 3.02. The van der Waals surface area contributed by atoms with Gasteiger partial charge in [0, 0.05) is 0 Å². The molecule has 0 spiro atoms. The number of hydrogen-bond acceptors (Lipinski definition) is 4. The summed E-state index contributed by atoms with van der Waals surface area (Å²) in [4.78, 5) is 24.7. The van der Waals surface area contributed by atoms with E-state index >= 15 is 0 Å². The highest BCUT2D eigenvalue weighted by Gasteiger charge is 2.12. The molecular formula is C27H20O4. The lowest BCUT2D eigenvalue weighted by Crippen LogP contribution is -2.11. The third-order valence-electron chi connectivity index (χ3n) is 4.76. The maximum Gasteiger partial charge on any atom is 0.343 e. The van der Waals surface area contributed by atoms with Crippen LogP contribution in [-0.2, 0) is 0 Å². The summed E-state index contributed by atoms with van der Waals surface area (Å²) < 4.78 is 10.7. The predicted molar refractivity (Wildman–Crippen MR) is 119 cm³/mol. The number of rotatable bonds is 5. The summed E-state index contributed by atoms with van der Waals surface area (Å²) in [5.41, 5.74) is 4.04. The van der Waals surface area contributed by atoms with E-state index in [2.05, 4.69) is 24.3 Å². The summed E-state index contributed by atoms with van der Waals surface area (Å²) >= 11 is 0. The fraction of sp³-hybridized carbons (Fsp3) is 0.0370. The van der Waals surface area contributed by atoms with Gasteiger partial charge < -0.3 is 9.47 Å². The first-order valence-corrected chi connectivity index (χ1v) is 9.85. The Bertz CT molecular complexity index is 1180. The van der Waals surface area contributed by atoms with E-state index in [4.69, 9.17) is 9.47 Å². The second kappa shape index (κ2) is 9.09. The molecule has 0 aromatic heterocycles. The summed E-state index contributed by atoms with van der Waals surface area (Å²) in [6.07, 6.45) is 0. The number of esters is 2. The van der Waals surface area contributed by atoms with Gasteiger partial charge in [0.05, 0.1) is 11.1 Å². The predicted octanol–water partition coefficient (Wildman–Crippen LogP) is 6.10. The topological polar surface area (TPSA) is 52.6 Å². The van der Waals surface area contributed by atoms with Crippen molar-refractivity contribution >= 4 is 11.9 Å². The molecule has 0 N–H and O–H groups in total. The number of carbonyl (C=O) groups excluding carboxylic acids is 2. The minimum atomic E-state index is -0.494. The lowest BCUT2D eigenvalue weighted by atomic mass is 10.0. The van der Waals surface area contributed by atoms with E-state index in [-0.39, 0.29) is 0 Å². The molecule has 0 amide bonds. The molecule has 0 aliphatic rings. The van der Waals surface area contributed by atoms with Gasteiger partial charge in [-0.3, -0.25) is 0 Å². The zero-order chi connectivity index (χ0) is 21.6. The van der Waals surface area contributed by atoms with E-state index < -0.39 is 11.9 Å². The van der Waals surface area contributed by atoms with Crippen molar-refractivity contribution in [2.45, 2.75) is 6.92 Å². The van der Waals surface area contributed by atoms with Gasteiger partial charge >= 0.3 is 11.9 Å². The van der Waals surface area contributed by atoms with Crippen LogP contribution in [0.4, 0.5) is 0 Å². The second-order valence-electron chi connectivity index (χ2n) is 7.06. The summed E-state index contributed by atoms with van der Waals surface area (Å²) in [6.45, 7) is 2.05. The van der Waals surface area contributed by atoms with Crippen LogP contribution in [0.3, 0.4) is 0 Å². The van der Waals surface area contributed by atoms with Crippen LogP contribution < -0.4 is 9.47 Å². The average molecular weight is 408 g/mol. The average Bonchev–Trinajstić information content (AvgIpc) is 2.81. The van der Waals surface area contributed by atoms with Crippen molar-refractivity contribution in [2.75, 3.05) is 0 Å². The molecule has 0 aliphatic carbocycles. The largest absolute Gasteiger partial charge is 0.423 e. The van der Waals surface area contributed by atoms with Crippen LogP contribution in [0.1, 0.15) is 26.3 Å². The van der Waals surface area contributed by atoms with Gasteiger partial charge in [-0.05, 0) is 66.6 Å². The van der Waals surface area contributed by atoms with Crippen LogP contribution >= 0.6 is 0 Å². The number of carbonyl (C=O) groups is 2. The first kappa shape index (κ1) is 20.1. The molecule has 4 aromatic carbocycles. The second-order valence-corrected chi connectivity index (χ2v) is 7.06. The molecule has 4 heteroatoms. The molecule has 4 aromatic rings. The van der Waals surface area contributed by atoms with Gasteiger partial charge in [-0.2, -0.15) is 0 Å². The van der Waals surface area contributed by atoms with E-state index in [9.17, 15) is 9.59 Å². The Morgan fingerprint density at radius 1 is 0.516 bits per heavy atom. The number of aryl methyl sites for hydroxylation is 1.